The van der Waals surface area contributed by atoms with E-state index < -0.39 is 0 Å². The third-order valence-corrected chi connectivity index (χ3v) is 4.45. The normalized spacial score (nSPS) is 16.9. The molecule has 1 aromatic rings. The molecule has 0 atom stereocenters. The van der Waals surface area contributed by atoms with Gasteiger partial charge in [-0.2, -0.15) is 0 Å². The van der Waals surface area contributed by atoms with Gasteiger partial charge in [-0.25, -0.2) is 0 Å². The zero-order chi connectivity index (χ0) is 14.9. The lowest BCUT2D eigenvalue weighted by atomic mass is 9.84. The Morgan fingerprint density at radius 1 is 1.14 bits per heavy atom. The van der Waals surface area contributed by atoms with Crippen LogP contribution in [-0.2, 0) is 11.2 Å². The van der Waals surface area contributed by atoms with E-state index in [0.717, 1.165) is 31.3 Å². The largest absolute Gasteiger partial charge is 0.366 e. The van der Waals surface area contributed by atoms with Crippen molar-refractivity contribution < 1.29 is 4.79 Å². The number of rotatable bonds is 7. The van der Waals surface area contributed by atoms with E-state index in [9.17, 15) is 4.79 Å². The molecule has 0 saturated heterocycles. The molecular formula is C19H27NO. The molecule has 2 N–H and O–H groups in total. The second-order valence-corrected chi connectivity index (χ2v) is 6.18. The molecule has 21 heavy (non-hydrogen) atoms. The Labute approximate surface area is 128 Å². The molecule has 1 aromatic carbocycles. The van der Waals surface area contributed by atoms with E-state index in [1.807, 2.05) is 6.07 Å². The molecule has 1 saturated carbocycles. The van der Waals surface area contributed by atoms with Gasteiger partial charge in [0, 0.05) is 5.57 Å². The summed E-state index contributed by atoms with van der Waals surface area (Å²) < 4.78 is 0. The van der Waals surface area contributed by atoms with Gasteiger partial charge in [-0.05, 0) is 37.2 Å². The molecule has 0 heterocycles. The predicted octanol–water partition coefficient (Wildman–Crippen LogP) is 4.39. The van der Waals surface area contributed by atoms with E-state index in [-0.39, 0.29) is 5.91 Å². The van der Waals surface area contributed by atoms with Crippen molar-refractivity contribution in [3.8, 4) is 0 Å². The van der Waals surface area contributed by atoms with Crippen LogP contribution in [0, 0.1) is 5.92 Å². The smallest absolute Gasteiger partial charge is 0.244 e. The highest BCUT2D eigenvalue weighted by atomic mass is 16.1. The van der Waals surface area contributed by atoms with Gasteiger partial charge in [-0.15, -0.1) is 0 Å². The summed E-state index contributed by atoms with van der Waals surface area (Å²) in [4.78, 5) is 11.6. The lowest BCUT2D eigenvalue weighted by molar-refractivity contribution is -0.114. The van der Waals surface area contributed by atoms with Crippen molar-refractivity contribution in [3.05, 3.63) is 47.5 Å². The number of nitrogens with two attached hydrogens (primary N) is 1. The van der Waals surface area contributed by atoms with E-state index >= 15 is 0 Å². The topological polar surface area (TPSA) is 43.1 Å². The lowest BCUT2D eigenvalue weighted by Gasteiger charge is -2.21. The Bertz CT molecular complexity index is 458. The Hall–Kier alpha value is -1.57. The van der Waals surface area contributed by atoms with Gasteiger partial charge < -0.3 is 5.73 Å². The fraction of sp³-hybridized carbons (Fsp3) is 0.526. The van der Waals surface area contributed by atoms with Crippen molar-refractivity contribution in [2.24, 2.45) is 11.7 Å². The molecule has 0 aliphatic heterocycles. The summed E-state index contributed by atoms with van der Waals surface area (Å²) in [6, 6.07) is 10.5. The highest BCUT2D eigenvalue weighted by Crippen LogP contribution is 2.29. The van der Waals surface area contributed by atoms with E-state index in [0.29, 0.717) is 5.92 Å². The lowest BCUT2D eigenvalue weighted by Crippen LogP contribution is -2.18. The van der Waals surface area contributed by atoms with Gasteiger partial charge in [0.2, 0.25) is 5.91 Å². The molecule has 2 rings (SSSR count). The van der Waals surface area contributed by atoms with Crippen LogP contribution in [0.15, 0.2) is 42.0 Å². The van der Waals surface area contributed by atoms with Gasteiger partial charge >= 0.3 is 0 Å². The average molecular weight is 285 g/mol. The summed E-state index contributed by atoms with van der Waals surface area (Å²) >= 11 is 0. The number of hydrogen-bond donors (Lipinski definition) is 1. The predicted molar refractivity (Wildman–Crippen MR) is 87.8 cm³/mol. The highest BCUT2D eigenvalue weighted by molar-refractivity contribution is 5.91. The molecule has 2 nitrogen and oxygen atoms in total. The maximum atomic E-state index is 11.6. The van der Waals surface area contributed by atoms with Crippen LogP contribution in [0.2, 0.25) is 0 Å². The van der Waals surface area contributed by atoms with E-state index in [2.05, 4.69) is 30.3 Å². The summed E-state index contributed by atoms with van der Waals surface area (Å²) in [5.41, 5.74) is 7.76. The molecule has 0 aromatic heterocycles. The van der Waals surface area contributed by atoms with Crippen molar-refractivity contribution in [1.29, 1.82) is 0 Å². The van der Waals surface area contributed by atoms with Gasteiger partial charge in [0.05, 0.1) is 0 Å². The molecular weight excluding hydrogens is 258 g/mol. The number of carbonyl (C=O) groups is 1. The van der Waals surface area contributed by atoms with Crippen molar-refractivity contribution in [2.45, 2.75) is 57.8 Å². The van der Waals surface area contributed by atoms with Gasteiger partial charge in [0.25, 0.3) is 0 Å². The summed E-state index contributed by atoms with van der Waals surface area (Å²) in [6.07, 6.45) is 12.5. The first-order valence-electron chi connectivity index (χ1n) is 8.28. The quantitative estimate of drug-likeness (QED) is 0.586. The van der Waals surface area contributed by atoms with E-state index in [1.165, 1.54) is 37.7 Å². The fourth-order valence-corrected chi connectivity index (χ4v) is 3.21. The SMILES string of the molecule is NC(=O)/C(=C/CCCc1ccccc1)CC1CCCCC1. The van der Waals surface area contributed by atoms with Crippen LogP contribution in [0.5, 0.6) is 0 Å². The maximum Gasteiger partial charge on any atom is 0.244 e. The van der Waals surface area contributed by atoms with Crippen molar-refractivity contribution in [3.63, 3.8) is 0 Å². The molecule has 0 spiro atoms. The van der Waals surface area contributed by atoms with Crippen LogP contribution in [0.4, 0.5) is 0 Å². The summed E-state index contributed by atoms with van der Waals surface area (Å²) in [7, 11) is 0. The van der Waals surface area contributed by atoms with Gasteiger partial charge in [0.1, 0.15) is 0 Å². The van der Waals surface area contributed by atoms with Crippen molar-refractivity contribution in [2.75, 3.05) is 0 Å². The summed E-state index contributed by atoms with van der Waals surface area (Å²) in [5.74, 6) is 0.451. The van der Waals surface area contributed by atoms with Crippen LogP contribution in [0.25, 0.3) is 0 Å². The van der Waals surface area contributed by atoms with Gasteiger partial charge in [0.15, 0.2) is 0 Å². The average Bonchev–Trinajstić information content (AvgIpc) is 2.52. The Morgan fingerprint density at radius 2 is 1.86 bits per heavy atom. The fourth-order valence-electron chi connectivity index (χ4n) is 3.21. The second-order valence-electron chi connectivity index (χ2n) is 6.18. The molecule has 114 valence electrons. The van der Waals surface area contributed by atoms with Crippen LogP contribution >= 0.6 is 0 Å². The number of unbranched alkanes of at least 4 members (excludes halogenated alkanes) is 1. The molecule has 0 unspecified atom stereocenters. The summed E-state index contributed by atoms with van der Waals surface area (Å²) in [5, 5.41) is 0. The molecule has 1 aliphatic rings. The third-order valence-electron chi connectivity index (χ3n) is 4.45. The van der Waals surface area contributed by atoms with Gasteiger partial charge in [-0.1, -0.05) is 68.5 Å². The van der Waals surface area contributed by atoms with E-state index in [4.69, 9.17) is 5.73 Å². The maximum absolute atomic E-state index is 11.6. The first-order valence-corrected chi connectivity index (χ1v) is 8.28. The zero-order valence-electron chi connectivity index (χ0n) is 12.9. The minimum absolute atomic E-state index is 0.222. The van der Waals surface area contributed by atoms with Crippen molar-refractivity contribution in [1.82, 2.24) is 0 Å². The Morgan fingerprint density at radius 3 is 2.52 bits per heavy atom. The number of primary amides is 1. The molecule has 1 aliphatic carbocycles. The van der Waals surface area contributed by atoms with E-state index in [1.54, 1.807) is 0 Å². The first-order chi connectivity index (χ1) is 10.3. The number of amides is 1. The minimum Gasteiger partial charge on any atom is -0.366 e. The first kappa shape index (κ1) is 15.8. The number of benzene rings is 1. The van der Waals surface area contributed by atoms with Crippen LogP contribution in [0.3, 0.4) is 0 Å². The van der Waals surface area contributed by atoms with Crippen LogP contribution < -0.4 is 5.73 Å². The highest BCUT2D eigenvalue weighted by Gasteiger charge is 2.17. The minimum atomic E-state index is -0.222. The number of hydrogen-bond acceptors (Lipinski definition) is 1. The Kier molecular flexibility index (Phi) is 6.52. The van der Waals surface area contributed by atoms with Crippen LogP contribution in [0.1, 0.15) is 56.9 Å². The molecule has 2 heteroatoms. The van der Waals surface area contributed by atoms with Crippen LogP contribution in [-0.4, -0.2) is 5.91 Å². The monoisotopic (exact) mass is 285 g/mol. The summed E-state index contributed by atoms with van der Waals surface area (Å²) in [6.45, 7) is 0. The third kappa shape index (κ3) is 5.74. The Balaban J connectivity index is 1.78. The molecule has 0 bridgehead atoms. The van der Waals surface area contributed by atoms with Gasteiger partial charge in [-0.3, -0.25) is 4.79 Å². The number of allylic oxidation sites excluding steroid dienone is 1. The second kappa shape index (κ2) is 8.66. The standard InChI is InChI=1S/C19H27NO/c20-19(21)18(15-17-12-5-2-6-13-17)14-8-7-11-16-9-3-1-4-10-16/h1,3-4,9-10,14,17H,2,5-8,11-13,15H2,(H2,20,21)/b18-14+. The molecule has 1 amide bonds. The number of aryl methyl sites for hydroxylation is 1. The molecule has 1 fully saturated rings. The molecule has 0 radical (unpaired) electrons. The number of carbonyl (C=O) groups excluding carboxylic acids is 1. The van der Waals surface area contributed by atoms with Crippen molar-refractivity contribution >= 4 is 5.91 Å². The zero-order valence-corrected chi connectivity index (χ0v) is 12.9.